The molecule has 0 aliphatic heterocycles. The summed E-state index contributed by atoms with van der Waals surface area (Å²) < 4.78 is 9.22. The Morgan fingerprint density at radius 1 is 1.15 bits per heavy atom. The third-order valence-electron chi connectivity index (χ3n) is 4.45. The van der Waals surface area contributed by atoms with Gasteiger partial charge in [0, 0.05) is 41.0 Å². The minimum atomic E-state index is -0.120. The summed E-state index contributed by atoms with van der Waals surface area (Å²) in [6.07, 6.45) is 1.75. The molecule has 0 N–H and O–H groups in total. The van der Waals surface area contributed by atoms with E-state index in [-0.39, 0.29) is 5.56 Å². The summed E-state index contributed by atoms with van der Waals surface area (Å²) in [6, 6.07) is 11.3. The fourth-order valence-corrected chi connectivity index (χ4v) is 3.73. The van der Waals surface area contributed by atoms with Crippen LogP contribution >= 0.6 is 11.3 Å². The monoisotopic (exact) mass is 365 g/mol. The number of hydrogen-bond acceptors (Lipinski definition) is 4. The third kappa shape index (κ3) is 3.04. The van der Waals surface area contributed by atoms with Crippen molar-refractivity contribution in [3.05, 3.63) is 74.5 Å². The lowest BCUT2D eigenvalue weighted by Crippen LogP contribution is -2.16. The molecular formula is C20H19N3O2S. The maximum Gasteiger partial charge on any atom is 0.258 e. The van der Waals surface area contributed by atoms with Crippen LogP contribution in [0, 0.1) is 13.8 Å². The Morgan fingerprint density at radius 2 is 2.00 bits per heavy atom. The topological polar surface area (TPSA) is 49.0 Å². The smallest absolute Gasteiger partial charge is 0.258 e. The standard InChI is InChI=1S/C20H19N3O2S/c1-13-8-17(26-12-13)11-25-16-6-7-23(20(24)10-16)15-4-5-19-18(9-15)14(2)22(3)21-19/h4-10,12H,11H2,1-3H3. The van der Waals surface area contributed by atoms with E-state index >= 15 is 0 Å². The van der Waals surface area contributed by atoms with Gasteiger partial charge in [0.15, 0.2) is 0 Å². The van der Waals surface area contributed by atoms with Crippen LogP contribution in [0.3, 0.4) is 0 Å². The molecule has 6 heteroatoms. The fourth-order valence-electron chi connectivity index (χ4n) is 2.95. The summed E-state index contributed by atoms with van der Waals surface area (Å²) >= 11 is 1.66. The van der Waals surface area contributed by atoms with E-state index in [0.717, 1.165) is 27.2 Å². The molecule has 0 fully saturated rings. The Balaban J connectivity index is 1.61. The van der Waals surface area contributed by atoms with E-state index in [1.54, 1.807) is 22.1 Å². The molecule has 0 radical (unpaired) electrons. The maximum atomic E-state index is 12.5. The highest BCUT2D eigenvalue weighted by Gasteiger charge is 2.08. The molecule has 0 unspecified atom stereocenters. The first kappa shape index (κ1) is 16.6. The number of ether oxygens (including phenoxy) is 1. The lowest BCUT2D eigenvalue weighted by atomic mass is 10.2. The Morgan fingerprint density at radius 3 is 2.73 bits per heavy atom. The number of aromatic nitrogens is 3. The number of aryl methyl sites for hydroxylation is 3. The van der Waals surface area contributed by atoms with Gasteiger partial charge >= 0.3 is 0 Å². The van der Waals surface area contributed by atoms with E-state index in [2.05, 4.69) is 23.5 Å². The second kappa shape index (κ2) is 6.46. The lowest BCUT2D eigenvalue weighted by Gasteiger charge is -2.08. The number of nitrogens with zero attached hydrogens (tertiary/aromatic N) is 3. The predicted octanol–water partition coefficient (Wildman–Crippen LogP) is 3.98. The average Bonchev–Trinajstić information content (AvgIpc) is 3.16. The van der Waals surface area contributed by atoms with Crippen molar-refractivity contribution in [2.24, 2.45) is 7.05 Å². The molecule has 3 heterocycles. The molecule has 4 rings (SSSR count). The zero-order valence-electron chi connectivity index (χ0n) is 14.9. The van der Waals surface area contributed by atoms with Gasteiger partial charge in [-0.2, -0.15) is 5.10 Å². The van der Waals surface area contributed by atoms with Crippen molar-refractivity contribution in [1.29, 1.82) is 0 Å². The first-order valence-corrected chi connectivity index (χ1v) is 9.22. The Bertz CT molecular complexity index is 1150. The quantitative estimate of drug-likeness (QED) is 0.550. The molecule has 0 bridgehead atoms. The van der Waals surface area contributed by atoms with Gasteiger partial charge in [-0.05, 0) is 55.1 Å². The second-order valence-corrected chi connectivity index (χ2v) is 7.36. The predicted molar refractivity (Wildman–Crippen MR) is 104 cm³/mol. The van der Waals surface area contributed by atoms with Crippen LogP contribution in [0.15, 0.2) is 52.8 Å². The van der Waals surface area contributed by atoms with Crippen LogP contribution in [0.4, 0.5) is 0 Å². The van der Waals surface area contributed by atoms with Crippen molar-refractivity contribution >= 4 is 22.2 Å². The van der Waals surface area contributed by atoms with Gasteiger partial charge in [0.1, 0.15) is 12.4 Å². The molecule has 0 aliphatic carbocycles. The van der Waals surface area contributed by atoms with Crippen molar-refractivity contribution in [2.45, 2.75) is 20.5 Å². The van der Waals surface area contributed by atoms with Crippen molar-refractivity contribution in [3.8, 4) is 11.4 Å². The highest BCUT2D eigenvalue weighted by Crippen LogP contribution is 2.21. The zero-order chi connectivity index (χ0) is 18.3. The van der Waals surface area contributed by atoms with Crippen LogP contribution in [0.1, 0.15) is 16.1 Å². The van der Waals surface area contributed by atoms with E-state index in [1.807, 2.05) is 42.9 Å². The molecule has 0 atom stereocenters. The molecule has 1 aromatic carbocycles. The normalized spacial score (nSPS) is 11.2. The second-order valence-electron chi connectivity index (χ2n) is 6.36. The molecule has 0 saturated heterocycles. The van der Waals surface area contributed by atoms with E-state index in [1.165, 1.54) is 11.6 Å². The molecule has 3 aromatic heterocycles. The van der Waals surface area contributed by atoms with Crippen LogP contribution in [-0.4, -0.2) is 14.3 Å². The van der Waals surface area contributed by atoms with Crippen LogP contribution in [0.5, 0.6) is 5.75 Å². The first-order chi connectivity index (χ1) is 12.5. The van der Waals surface area contributed by atoms with Crippen LogP contribution in [0.2, 0.25) is 0 Å². The fraction of sp³-hybridized carbons (Fsp3) is 0.200. The molecule has 5 nitrogen and oxygen atoms in total. The largest absolute Gasteiger partial charge is 0.488 e. The van der Waals surface area contributed by atoms with Gasteiger partial charge in [0.25, 0.3) is 5.56 Å². The Labute approximate surface area is 155 Å². The number of fused-ring (bicyclic) bond motifs is 1. The molecule has 0 amide bonds. The van der Waals surface area contributed by atoms with Gasteiger partial charge in [-0.3, -0.25) is 14.0 Å². The summed E-state index contributed by atoms with van der Waals surface area (Å²) in [4.78, 5) is 13.7. The number of thiophene rings is 1. The van der Waals surface area contributed by atoms with Gasteiger partial charge in [0.05, 0.1) is 5.52 Å². The third-order valence-corrected chi connectivity index (χ3v) is 5.48. The summed E-state index contributed by atoms with van der Waals surface area (Å²) in [5, 5.41) is 7.59. The van der Waals surface area contributed by atoms with Crippen molar-refractivity contribution in [2.75, 3.05) is 0 Å². The molecule has 26 heavy (non-hydrogen) atoms. The van der Waals surface area contributed by atoms with Crippen molar-refractivity contribution < 1.29 is 4.74 Å². The average molecular weight is 365 g/mol. The number of hydrogen-bond donors (Lipinski definition) is 0. The molecular weight excluding hydrogens is 346 g/mol. The zero-order valence-corrected chi connectivity index (χ0v) is 15.7. The SMILES string of the molecule is Cc1csc(COc2ccn(-c3ccc4nn(C)c(C)c4c3)c(=O)c2)c1. The van der Waals surface area contributed by atoms with Crippen molar-refractivity contribution in [3.63, 3.8) is 0 Å². The minimum Gasteiger partial charge on any atom is -0.488 e. The lowest BCUT2D eigenvalue weighted by molar-refractivity contribution is 0.309. The summed E-state index contributed by atoms with van der Waals surface area (Å²) in [5.41, 5.74) is 3.92. The number of rotatable bonds is 4. The molecule has 0 aliphatic rings. The highest BCUT2D eigenvalue weighted by molar-refractivity contribution is 7.10. The van der Waals surface area contributed by atoms with E-state index in [4.69, 9.17) is 4.74 Å². The van der Waals surface area contributed by atoms with Crippen molar-refractivity contribution in [1.82, 2.24) is 14.3 Å². The molecule has 132 valence electrons. The Hall–Kier alpha value is -2.86. The number of pyridine rings is 1. The van der Waals surface area contributed by atoms with Gasteiger partial charge in [-0.1, -0.05) is 0 Å². The number of benzene rings is 1. The summed E-state index contributed by atoms with van der Waals surface area (Å²) in [5.74, 6) is 0.580. The van der Waals surface area contributed by atoms with Gasteiger partial charge in [-0.25, -0.2) is 0 Å². The Kier molecular flexibility index (Phi) is 4.12. The van der Waals surface area contributed by atoms with E-state index in [9.17, 15) is 4.79 Å². The summed E-state index contributed by atoms with van der Waals surface area (Å²) in [7, 11) is 1.92. The van der Waals surface area contributed by atoms with Crippen LogP contribution in [-0.2, 0) is 13.7 Å². The maximum absolute atomic E-state index is 12.5. The molecule has 4 aromatic rings. The summed E-state index contributed by atoms with van der Waals surface area (Å²) in [6.45, 7) is 4.55. The van der Waals surface area contributed by atoms with E-state index in [0.29, 0.717) is 12.4 Å². The van der Waals surface area contributed by atoms with Gasteiger partial charge in [-0.15, -0.1) is 11.3 Å². The van der Waals surface area contributed by atoms with Gasteiger partial charge < -0.3 is 4.74 Å². The van der Waals surface area contributed by atoms with Crippen LogP contribution in [0.25, 0.3) is 16.6 Å². The molecule has 0 saturated carbocycles. The molecule has 0 spiro atoms. The van der Waals surface area contributed by atoms with Crippen LogP contribution < -0.4 is 10.3 Å². The highest BCUT2D eigenvalue weighted by atomic mass is 32.1. The minimum absolute atomic E-state index is 0.120. The van der Waals surface area contributed by atoms with E-state index < -0.39 is 0 Å². The van der Waals surface area contributed by atoms with Gasteiger partial charge in [0.2, 0.25) is 0 Å². The first-order valence-electron chi connectivity index (χ1n) is 8.34.